The quantitative estimate of drug-likeness (QED) is 0.785. The molecule has 9 heteroatoms. The van der Waals surface area contributed by atoms with E-state index in [0.29, 0.717) is 11.7 Å². The van der Waals surface area contributed by atoms with Gasteiger partial charge in [-0.2, -0.15) is 0 Å². The molecule has 2 N–H and O–H groups in total. The molecule has 2 aromatic heterocycles. The maximum Gasteiger partial charge on any atom is 0.321 e. The zero-order valence-corrected chi connectivity index (χ0v) is 14.7. The van der Waals surface area contributed by atoms with Gasteiger partial charge in [0, 0.05) is 6.04 Å². The van der Waals surface area contributed by atoms with E-state index in [9.17, 15) is 9.59 Å². The van der Waals surface area contributed by atoms with Gasteiger partial charge in [-0.3, -0.25) is 10.1 Å². The highest BCUT2D eigenvalue weighted by molar-refractivity contribution is 7.99. The largest absolute Gasteiger partial charge is 0.459 e. The lowest BCUT2D eigenvalue weighted by atomic mass is 9.86. The highest BCUT2D eigenvalue weighted by atomic mass is 32.2. The third-order valence-corrected chi connectivity index (χ3v) is 4.96. The van der Waals surface area contributed by atoms with Crippen LogP contribution < -0.4 is 10.6 Å². The number of rotatable bonds is 5. The van der Waals surface area contributed by atoms with E-state index in [0.717, 1.165) is 31.0 Å². The fourth-order valence-corrected chi connectivity index (χ4v) is 3.36. The second kappa shape index (κ2) is 8.19. The van der Waals surface area contributed by atoms with Crippen LogP contribution in [0.25, 0.3) is 11.7 Å². The number of hydrogen-bond donors (Lipinski definition) is 2. The van der Waals surface area contributed by atoms with Crippen molar-refractivity contribution in [1.29, 1.82) is 0 Å². The summed E-state index contributed by atoms with van der Waals surface area (Å²) >= 11 is 1.06. The van der Waals surface area contributed by atoms with Gasteiger partial charge < -0.3 is 14.2 Å². The maximum absolute atomic E-state index is 11.9. The van der Waals surface area contributed by atoms with Gasteiger partial charge in [-0.1, -0.05) is 31.5 Å². The lowest BCUT2D eigenvalue weighted by molar-refractivity contribution is -0.117. The summed E-state index contributed by atoms with van der Waals surface area (Å²) in [6.07, 6.45) is 5.86. The van der Waals surface area contributed by atoms with E-state index in [1.54, 1.807) is 12.1 Å². The molecule has 25 heavy (non-hydrogen) atoms. The predicted molar refractivity (Wildman–Crippen MR) is 90.8 cm³/mol. The smallest absolute Gasteiger partial charge is 0.321 e. The molecule has 0 aliphatic heterocycles. The summed E-state index contributed by atoms with van der Waals surface area (Å²) in [6, 6.07) is 3.09. The first kappa shape index (κ1) is 17.5. The Kier molecular flexibility index (Phi) is 5.75. The molecule has 0 bridgehead atoms. The van der Waals surface area contributed by atoms with Gasteiger partial charge in [-0.15, -0.1) is 10.2 Å². The zero-order chi connectivity index (χ0) is 17.6. The second-order valence-corrected chi connectivity index (χ2v) is 6.96. The fraction of sp³-hybridized carbons (Fsp3) is 0.500. The van der Waals surface area contributed by atoms with Gasteiger partial charge >= 0.3 is 6.03 Å². The van der Waals surface area contributed by atoms with Crippen LogP contribution in [-0.4, -0.2) is 33.9 Å². The molecule has 1 aliphatic carbocycles. The van der Waals surface area contributed by atoms with Crippen LogP contribution in [0.2, 0.25) is 0 Å². The SMILES string of the molecule is C[C@H]1CCCC[C@H]1NC(=O)NC(=O)CSc1nnc(-c2ccco2)o1. The first-order valence-corrected chi connectivity index (χ1v) is 9.21. The summed E-state index contributed by atoms with van der Waals surface area (Å²) in [4.78, 5) is 23.8. The van der Waals surface area contributed by atoms with Gasteiger partial charge in [0.05, 0.1) is 12.0 Å². The number of aromatic nitrogens is 2. The number of nitrogens with one attached hydrogen (secondary N) is 2. The molecule has 3 amide bonds. The average molecular weight is 364 g/mol. The number of carbonyl (C=O) groups is 2. The van der Waals surface area contributed by atoms with Crippen LogP contribution >= 0.6 is 11.8 Å². The number of nitrogens with zero attached hydrogens (tertiary/aromatic N) is 2. The number of imide groups is 1. The summed E-state index contributed by atoms with van der Waals surface area (Å²) in [6.45, 7) is 2.12. The number of urea groups is 1. The van der Waals surface area contributed by atoms with Gasteiger partial charge in [0.2, 0.25) is 5.91 Å². The Labute approximate surface area is 149 Å². The number of furan rings is 1. The van der Waals surface area contributed by atoms with Gasteiger partial charge in [-0.25, -0.2) is 4.79 Å². The highest BCUT2D eigenvalue weighted by Gasteiger charge is 2.23. The minimum Gasteiger partial charge on any atom is -0.459 e. The van der Waals surface area contributed by atoms with E-state index in [1.165, 1.54) is 12.7 Å². The maximum atomic E-state index is 11.9. The van der Waals surface area contributed by atoms with Crippen molar-refractivity contribution in [3.8, 4) is 11.7 Å². The van der Waals surface area contributed by atoms with Crippen LogP contribution in [0, 0.1) is 5.92 Å². The zero-order valence-electron chi connectivity index (χ0n) is 13.9. The highest BCUT2D eigenvalue weighted by Crippen LogP contribution is 2.24. The predicted octanol–water partition coefficient (Wildman–Crippen LogP) is 2.83. The molecule has 3 rings (SSSR count). The summed E-state index contributed by atoms with van der Waals surface area (Å²) < 4.78 is 10.5. The average Bonchev–Trinajstić information content (AvgIpc) is 3.26. The van der Waals surface area contributed by atoms with E-state index < -0.39 is 11.9 Å². The Morgan fingerprint density at radius 1 is 1.32 bits per heavy atom. The molecule has 0 unspecified atom stereocenters. The molecular weight excluding hydrogens is 344 g/mol. The van der Waals surface area contributed by atoms with E-state index in [1.807, 2.05) is 0 Å². The van der Waals surface area contributed by atoms with Crippen LogP contribution in [0.5, 0.6) is 0 Å². The Balaban J connectivity index is 1.42. The van der Waals surface area contributed by atoms with Crippen molar-refractivity contribution in [2.24, 2.45) is 5.92 Å². The number of thioether (sulfide) groups is 1. The molecule has 0 aromatic carbocycles. The second-order valence-electron chi connectivity index (χ2n) is 6.03. The van der Waals surface area contributed by atoms with E-state index >= 15 is 0 Å². The Bertz CT molecular complexity index is 716. The molecule has 1 fully saturated rings. The summed E-state index contributed by atoms with van der Waals surface area (Å²) in [5.41, 5.74) is 0. The molecule has 0 radical (unpaired) electrons. The lowest BCUT2D eigenvalue weighted by Gasteiger charge is -2.29. The van der Waals surface area contributed by atoms with Crippen molar-refractivity contribution in [2.75, 3.05) is 5.75 Å². The Morgan fingerprint density at radius 3 is 2.92 bits per heavy atom. The third kappa shape index (κ3) is 4.85. The molecule has 0 spiro atoms. The normalized spacial score (nSPS) is 20.2. The first-order chi connectivity index (χ1) is 12.1. The van der Waals surface area contributed by atoms with Crippen molar-refractivity contribution < 1.29 is 18.4 Å². The number of hydrogen-bond acceptors (Lipinski definition) is 7. The number of carbonyl (C=O) groups excluding carboxylic acids is 2. The molecule has 1 saturated carbocycles. The summed E-state index contributed by atoms with van der Waals surface area (Å²) in [7, 11) is 0. The van der Waals surface area contributed by atoms with E-state index in [4.69, 9.17) is 8.83 Å². The molecule has 2 aromatic rings. The van der Waals surface area contributed by atoms with Crippen LogP contribution in [0.15, 0.2) is 32.5 Å². The van der Waals surface area contributed by atoms with Crippen LogP contribution in [0.1, 0.15) is 32.6 Å². The van der Waals surface area contributed by atoms with Crippen molar-refractivity contribution in [3.05, 3.63) is 18.4 Å². The first-order valence-electron chi connectivity index (χ1n) is 8.22. The van der Waals surface area contributed by atoms with Crippen LogP contribution in [0.3, 0.4) is 0 Å². The van der Waals surface area contributed by atoms with Crippen molar-refractivity contribution in [3.63, 3.8) is 0 Å². The minimum atomic E-state index is -0.453. The van der Waals surface area contributed by atoms with E-state index in [-0.39, 0.29) is 22.9 Å². The Morgan fingerprint density at radius 2 is 2.16 bits per heavy atom. The lowest BCUT2D eigenvalue weighted by Crippen LogP contribution is -2.48. The van der Waals surface area contributed by atoms with Crippen molar-refractivity contribution in [2.45, 2.75) is 43.9 Å². The molecular formula is C16H20N4O4S. The van der Waals surface area contributed by atoms with Crippen molar-refractivity contribution in [1.82, 2.24) is 20.8 Å². The minimum absolute atomic E-state index is 0.00737. The van der Waals surface area contributed by atoms with Gasteiger partial charge in [0.1, 0.15) is 0 Å². The third-order valence-electron chi connectivity index (χ3n) is 4.15. The van der Waals surface area contributed by atoms with Crippen LogP contribution in [0.4, 0.5) is 4.79 Å². The molecule has 134 valence electrons. The molecule has 2 heterocycles. The number of amides is 3. The van der Waals surface area contributed by atoms with Crippen molar-refractivity contribution >= 4 is 23.7 Å². The topological polar surface area (TPSA) is 110 Å². The standard InChI is InChI=1S/C16H20N4O4S/c1-10-5-2-3-6-11(10)17-15(22)18-13(21)9-25-16-20-19-14(24-16)12-7-4-8-23-12/h4,7-8,10-11H,2-3,5-6,9H2,1H3,(H2,17,18,21,22)/t10-,11+/m0/s1. The monoisotopic (exact) mass is 364 g/mol. The van der Waals surface area contributed by atoms with Crippen LogP contribution in [-0.2, 0) is 4.79 Å². The van der Waals surface area contributed by atoms with Gasteiger partial charge in [0.25, 0.3) is 11.1 Å². The fourth-order valence-electron chi connectivity index (χ4n) is 2.79. The van der Waals surface area contributed by atoms with Gasteiger partial charge in [0.15, 0.2) is 5.76 Å². The van der Waals surface area contributed by atoms with Gasteiger partial charge in [-0.05, 0) is 30.9 Å². The Hall–Kier alpha value is -2.29. The van der Waals surface area contributed by atoms with E-state index in [2.05, 4.69) is 27.8 Å². The molecule has 2 atom stereocenters. The molecule has 8 nitrogen and oxygen atoms in total. The molecule has 1 aliphatic rings. The summed E-state index contributed by atoms with van der Waals surface area (Å²) in [5, 5.41) is 13.1. The molecule has 0 saturated heterocycles. The summed E-state index contributed by atoms with van der Waals surface area (Å²) in [5.74, 6) is 0.737.